The molecule has 0 aromatic carbocycles. The maximum Gasteiger partial charge on any atom is 1.00 e. The molecule has 0 saturated heterocycles. The van der Waals surface area contributed by atoms with Gasteiger partial charge in [-0.3, -0.25) is 0 Å². The van der Waals surface area contributed by atoms with Crippen molar-refractivity contribution in [3.8, 4) is 0 Å². The van der Waals surface area contributed by atoms with Crippen LogP contribution in [-0.4, -0.2) is 0 Å². The van der Waals surface area contributed by atoms with Crippen molar-refractivity contribution in [1.29, 1.82) is 0 Å². The second-order valence-electron chi connectivity index (χ2n) is 0.189. The van der Waals surface area contributed by atoms with Crippen LogP contribution in [0.25, 0.3) is 0 Å². The maximum atomic E-state index is 8.52. The summed E-state index contributed by atoms with van der Waals surface area (Å²) in [6, 6.07) is 0. The molecular formula is BrClNa2O3. The topological polar surface area (TPSA) is 69.2 Å². The van der Waals surface area contributed by atoms with Gasteiger partial charge in [-0.25, -0.2) is 0 Å². The maximum absolute atomic E-state index is 8.52. The molecule has 0 N–H and O–H groups in total. The van der Waals surface area contributed by atoms with E-state index in [2.05, 4.69) is 0 Å². The Bertz CT molecular complexity index is 17.7. The van der Waals surface area contributed by atoms with Crippen LogP contribution >= 0.6 is 0 Å². The van der Waals surface area contributed by atoms with Gasteiger partial charge < -0.3 is 25.0 Å². The van der Waals surface area contributed by atoms with Gasteiger partial charge in [0.2, 0.25) is 14.8 Å². The van der Waals surface area contributed by atoms with Crippen LogP contribution < -0.4 is 84.1 Å². The first-order valence-electron chi connectivity index (χ1n) is 0.463. The van der Waals surface area contributed by atoms with E-state index in [-0.39, 0.29) is 71.5 Å². The zero-order chi connectivity index (χ0) is 3.58. The van der Waals surface area contributed by atoms with Crippen molar-refractivity contribution in [3.63, 3.8) is 0 Å². The molecule has 0 heterocycles. The van der Waals surface area contributed by atoms with Crippen molar-refractivity contribution in [1.82, 2.24) is 0 Å². The van der Waals surface area contributed by atoms with Crippen LogP contribution in [0, 0.1) is 14.8 Å². The summed E-state index contributed by atoms with van der Waals surface area (Å²) in [6.45, 7) is 0. The van der Waals surface area contributed by atoms with Crippen molar-refractivity contribution in [2.45, 2.75) is 0 Å². The number of rotatable bonds is 0. The predicted octanol–water partition coefficient (Wildman–Crippen LogP) is -12.6. The van der Waals surface area contributed by atoms with Gasteiger partial charge in [0, 0.05) is 0 Å². The van der Waals surface area contributed by atoms with E-state index in [4.69, 9.17) is 12.6 Å². The first kappa shape index (κ1) is 22.6. The van der Waals surface area contributed by atoms with Gasteiger partial charge in [0.1, 0.15) is 0 Å². The number of halogens is 2. The molecule has 0 bridgehead atoms. The van der Waals surface area contributed by atoms with Crippen LogP contribution in [0.5, 0.6) is 0 Å². The quantitative estimate of drug-likeness (QED) is 0.372. The zero-order valence-corrected chi connectivity index (χ0v) is 10.3. The van der Waals surface area contributed by atoms with E-state index in [0.29, 0.717) is 0 Å². The molecule has 0 fully saturated rings. The summed E-state index contributed by atoms with van der Waals surface area (Å²) in [5.41, 5.74) is 0. The van der Waals surface area contributed by atoms with Crippen LogP contribution in [0.3, 0.4) is 0 Å². The molecular weight excluding hydrogens is 209 g/mol. The van der Waals surface area contributed by atoms with Gasteiger partial charge in [-0.05, 0) is 0 Å². The van der Waals surface area contributed by atoms with E-state index in [0.717, 1.165) is 0 Å². The summed E-state index contributed by atoms with van der Waals surface area (Å²) in [6.07, 6.45) is 0. The Labute approximate surface area is 97.3 Å². The van der Waals surface area contributed by atoms with Gasteiger partial charge in [-0.15, -0.1) is 0 Å². The molecule has 0 unspecified atom stereocenters. The summed E-state index contributed by atoms with van der Waals surface area (Å²) in [7, 11) is 0. The third kappa shape index (κ3) is 54.5. The van der Waals surface area contributed by atoms with Crippen molar-refractivity contribution in [2.75, 3.05) is 0 Å². The normalized spacial score (nSPS) is 5.14. The summed E-state index contributed by atoms with van der Waals surface area (Å²) in [4.78, 5) is 0. The fourth-order valence-corrected chi connectivity index (χ4v) is 0. The predicted molar refractivity (Wildman–Crippen MR) is 0 cm³/mol. The van der Waals surface area contributed by atoms with E-state index in [9.17, 15) is 0 Å². The van der Waals surface area contributed by atoms with Gasteiger partial charge >= 0.3 is 59.1 Å². The molecule has 7 heavy (non-hydrogen) atoms. The largest absolute Gasteiger partial charge is 1.00 e. The molecule has 0 amide bonds. The summed E-state index contributed by atoms with van der Waals surface area (Å²) < 4.78 is 25.6. The minimum atomic E-state index is -3.65. The minimum Gasteiger partial charge on any atom is -1.00 e. The van der Waals surface area contributed by atoms with Crippen LogP contribution in [0.4, 0.5) is 0 Å². The Hall–Kier alpha value is 2.65. The number of hydrogen-bond acceptors (Lipinski definition) is 3. The average molecular weight is 209 g/mol. The minimum absolute atomic E-state index is 0. The second kappa shape index (κ2) is 15.9. The van der Waals surface area contributed by atoms with E-state index in [1.807, 2.05) is 0 Å². The van der Waals surface area contributed by atoms with E-state index >= 15 is 0 Å². The molecule has 34 valence electrons. The third-order valence-corrected chi connectivity index (χ3v) is 0. The van der Waals surface area contributed by atoms with Crippen molar-refractivity contribution in [3.05, 3.63) is 0 Å². The summed E-state index contributed by atoms with van der Waals surface area (Å²) >= 11 is -3.65. The van der Waals surface area contributed by atoms with Gasteiger partial charge in [0.05, 0.1) is 0 Å². The molecule has 0 aliphatic rings. The summed E-state index contributed by atoms with van der Waals surface area (Å²) in [5, 5.41) is 0. The standard InChI is InChI=1S/BrO3.ClH.2Na/c2-1(3)4;;;/h;1H;;/q-1;;2*+1/p-1. The SMILES string of the molecule is [Cl-].[Na+].[Na+].[O-][Br+2]([O-])[O-]. The van der Waals surface area contributed by atoms with Crippen LogP contribution in [0.15, 0.2) is 0 Å². The first-order valence-corrected chi connectivity index (χ1v) is 2.41. The molecule has 0 radical (unpaired) electrons. The van der Waals surface area contributed by atoms with Gasteiger partial charge in [0.15, 0.2) is 0 Å². The Morgan fingerprint density at radius 1 is 0.857 bits per heavy atom. The second-order valence-corrected chi connectivity index (χ2v) is 0.982. The molecule has 7 heteroatoms. The zero-order valence-electron chi connectivity index (χ0n) is 3.98. The van der Waals surface area contributed by atoms with Crippen LogP contribution in [-0.2, 0) is 0 Å². The molecule has 0 aliphatic carbocycles. The Balaban J connectivity index is -0.0000000150. The molecule has 0 aromatic heterocycles. The van der Waals surface area contributed by atoms with Crippen molar-refractivity contribution in [2.24, 2.45) is 0 Å². The summed E-state index contributed by atoms with van der Waals surface area (Å²) in [5.74, 6) is 0. The molecule has 0 rings (SSSR count). The fourth-order valence-electron chi connectivity index (χ4n) is 0. The third-order valence-electron chi connectivity index (χ3n) is 0. The molecule has 0 aromatic rings. The van der Waals surface area contributed by atoms with Gasteiger partial charge in [0.25, 0.3) is 0 Å². The van der Waals surface area contributed by atoms with Crippen LogP contribution in [0.2, 0.25) is 0 Å². The van der Waals surface area contributed by atoms with Gasteiger partial charge in [-0.2, -0.15) is 0 Å². The van der Waals surface area contributed by atoms with E-state index in [1.165, 1.54) is 0 Å². The van der Waals surface area contributed by atoms with E-state index < -0.39 is 14.8 Å². The fraction of sp³-hybridized carbons (Fsp3) is 0. The smallest absolute Gasteiger partial charge is 1.00 e. The molecule has 0 atom stereocenters. The Morgan fingerprint density at radius 2 is 0.857 bits per heavy atom. The first-order chi connectivity index (χ1) is 1.73. The van der Waals surface area contributed by atoms with Crippen LogP contribution in [0.1, 0.15) is 0 Å². The molecule has 0 aliphatic heterocycles. The Kier molecular flexibility index (Phi) is 51.2. The van der Waals surface area contributed by atoms with E-state index in [1.54, 1.807) is 0 Å². The molecule has 0 spiro atoms. The van der Waals surface area contributed by atoms with Gasteiger partial charge in [-0.1, -0.05) is 0 Å². The monoisotopic (exact) mass is 208 g/mol. The Morgan fingerprint density at radius 3 is 0.857 bits per heavy atom. The number of hydrogen-bond donors (Lipinski definition) is 0. The molecule has 3 nitrogen and oxygen atoms in total. The van der Waals surface area contributed by atoms with Crippen molar-refractivity contribution >= 4 is 0 Å². The average Bonchev–Trinajstić information content (AvgIpc) is 0.811. The van der Waals surface area contributed by atoms with Crippen molar-refractivity contribution < 1.29 is 98.9 Å². The molecule has 0 saturated carbocycles.